The summed E-state index contributed by atoms with van der Waals surface area (Å²) in [6.07, 6.45) is -1.13. The zero-order chi connectivity index (χ0) is 24.7. The summed E-state index contributed by atoms with van der Waals surface area (Å²) in [4.78, 5) is 19.4. The topological polar surface area (TPSA) is 62.5 Å². The first kappa shape index (κ1) is 23.9. The summed E-state index contributed by atoms with van der Waals surface area (Å²) in [6.45, 7) is 4.48. The molecule has 11 heteroatoms. The molecule has 1 amide bonds. The van der Waals surface area contributed by atoms with E-state index in [1.54, 1.807) is 18.3 Å². The molecular weight excluding hydrogens is 499 g/mol. The lowest BCUT2D eigenvalue weighted by Crippen LogP contribution is -2.50. The molecule has 2 aromatic carbocycles. The number of fused-ring (bicyclic) bond motifs is 1. The van der Waals surface area contributed by atoms with Gasteiger partial charge in [0.1, 0.15) is 0 Å². The van der Waals surface area contributed by atoms with Gasteiger partial charge < -0.3 is 10.2 Å². The molecular formula is C24H21ClF3N5OS. The number of amides is 1. The Morgan fingerprint density at radius 3 is 2.86 bits per heavy atom. The standard InChI is InChI=1S/C24H21ClF3N5OS/c1-14-12-32(7-6-29-14)23-31-22(34)21(35-23)9-15-2-5-20-17(8-15)11-30-33(20)13-16-3-4-18(25)10-19(16)24(26,27)28/h2-5,8-11,14,29H,6-7,12-13H2,1H3. The zero-order valence-corrected chi connectivity index (χ0v) is 20.2. The fourth-order valence-electron chi connectivity index (χ4n) is 4.22. The summed E-state index contributed by atoms with van der Waals surface area (Å²) in [5.41, 5.74) is 0.785. The molecule has 2 aliphatic rings. The molecule has 1 N–H and O–H groups in total. The van der Waals surface area contributed by atoms with E-state index in [0.29, 0.717) is 21.6 Å². The number of piperazine rings is 1. The van der Waals surface area contributed by atoms with Gasteiger partial charge >= 0.3 is 6.18 Å². The first-order chi connectivity index (χ1) is 16.7. The fourth-order valence-corrected chi connectivity index (χ4v) is 5.34. The molecule has 0 spiro atoms. The van der Waals surface area contributed by atoms with Crippen molar-refractivity contribution in [2.24, 2.45) is 4.99 Å². The van der Waals surface area contributed by atoms with Crippen LogP contribution in [-0.2, 0) is 17.5 Å². The van der Waals surface area contributed by atoms with Crippen LogP contribution in [0, 0.1) is 0 Å². The van der Waals surface area contributed by atoms with Gasteiger partial charge in [0.05, 0.1) is 28.7 Å². The maximum Gasteiger partial charge on any atom is 0.416 e. The van der Waals surface area contributed by atoms with Crippen molar-refractivity contribution >= 4 is 51.4 Å². The molecule has 3 aromatic rings. The first-order valence-corrected chi connectivity index (χ1v) is 12.2. The van der Waals surface area contributed by atoms with Crippen molar-refractivity contribution in [3.8, 4) is 0 Å². The number of amidine groups is 1. The van der Waals surface area contributed by atoms with Crippen LogP contribution in [0.15, 0.2) is 52.5 Å². The van der Waals surface area contributed by atoms with Gasteiger partial charge in [-0.25, -0.2) is 0 Å². The summed E-state index contributed by atoms with van der Waals surface area (Å²) >= 11 is 7.15. The number of nitrogens with one attached hydrogen (secondary N) is 1. The fraction of sp³-hybridized carbons (Fsp3) is 0.292. The van der Waals surface area contributed by atoms with Crippen molar-refractivity contribution < 1.29 is 18.0 Å². The Morgan fingerprint density at radius 1 is 1.26 bits per heavy atom. The Balaban J connectivity index is 1.37. The van der Waals surface area contributed by atoms with Crippen LogP contribution in [0.1, 0.15) is 23.6 Å². The Hall–Kier alpha value is -2.82. The van der Waals surface area contributed by atoms with Gasteiger partial charge in [-0.1, -0.05) is 23.7 Å². The van der Waals surface area contributed by atoms with Gasteiger partial charge in [-0.2, -0.15) is 23.3 Å². The normalized spacial score (nSPS) is 20.2. The second-order valence-electron chi connectivity index (χ2n) is 8.53. The third-order valence-electron chi connectivity index (χ3n) is 5.91. The van der Waals surface area contributed by atoms with Crippen LogP contribution in [0.25, 0.3) is 17.0 Å². The molecule has 1 unspecified atom stereocenters. The van der Waals surface area contributed by atoms with E-state index in [1.807, 2.05) is 12.1 Å². The molecule has 1 fully saturated rings. The largest absolute Gasteiger partial charge is 0.416 e. The lowest BCUT2D eigenvalue weighted by atomic mass is 10.1. The Kier molecular flexibility index (Phi) is 6.37. The summed E-state index contributed by atoms with van der Waals surface area (Å²) in [5.74, 6) is -0.269. The minimum atomic E-state index is -4.52. The number of alkyl halides is 3. The van der Waals surface area contributed by atoms with E-state index >= 15 is 0 Å². The van der Waals surface area contributed by atoms with Gasteiger partial charge in [0.2, 0.25) is 0 Å². The SMILES string of the molecule is CC1CN(C2=NC(=O)C(=Cc3ccc4c(cnn4Cc4ccc(Cl)cc4C(F)(F)F)c3)S2)CCN1. The molecule has 35 heavy (non-hydrogen) atoms. The molecule has 1 aromatic heterocycles. The number of carbonyl (C=O) groups is 1. The number of hydrogen-bond donors (Lipinski definition) is 1. The molecule has 2 aliphatic heterocycles. The molecule has 1 atom stereocenters. The van der Waals surface area contributed by atoms with Gasteiger partial charge in [0.25, 0.3) is 5.91 Å². The summed E-state index contributed by atoms with van der Waals surface area (Å²) in [7, 11) is 0. The number of carbonyl (C=O) groups excluding carboxylic acids is 1. The van der Waals surface area contributed by atoms with Crippen LogP contribution in [0.5, 0.6) is 0 Å². The van der Waals surface area contributed by atoms with Gasteiger partial charge in [-0.05, 0) is 60.2 Å². The van der Waals surface area contributed by atoms with E-state index in [4.69, 9.17) is 11.6 Å². The highest BCUT2D eigenvalue weighted by molar-refractivity contribution is 8.18. The number of thioether (sulfide) groups is 1. The van der Waals surface area contributed by atoms with Gasteiger partial charge in [0.15, 0.2) is 5.17 Å². The number of aromatic nitrogens is 2. The van der Waals surface area contributed by atoms with E-state index in [2.05, 4.69) is 27.2 Å². The highest BCUT2D eigenvalue weighted by atomic mass is 35.5. The predicted octanol–water partition coefficient (Wildman–Crippen LogP) is 5.02. The van der Waals surface area contributed by atoms with Crippen LogP contribution >= 0.6 is 23.4 Å². The number of rotatable bonds is 3. The first-order valence-electron chi connectivity index (χ1n) is 11.0. The van der Waals surface area contributed by atoms with E-state index < -0.39 is 11.7 Å². The molecule has 1 saturated heterocycles. The van der Waals surface area contributed by atoms with E-state index in [9.17, 15) is 18.0 Å². The smallest absolute Gasteiger partial charge is 0.348 e. The Bertz CT molecular complexity index is 1370. The van der Waals surface area contributed by atoms with Crippen molar-refractivity contribution in [1.29, 1.82) is 0 Å². The average molecular weight is 520 g/mol. The lowest BCUT2D eigenvalue weighted by Gasteiger charge is -2.32. The van der Waals surface area contributed by atoms with Crippen molar-refractivity contribution in [3.63, 3.8) is 0 Å². The summed E-state index contributed by atoms with van der Waals surface area (Å²) in [5, 5.41) is 9.17. The van der Waals surface area contributed by atoms with Crippen LogP contribution in [0.4, 0.5) is 13.2 Å². The highest BCUT2D eigenvalue weighted by Gasteiger charge is 2.34. The second-order valence-corrected chi connectivity index (χ2v) is 9.98. The molecule has 3 heterocycles. The van der Waals surface area contributed by atoms with Gasteiger partial charge in [-0.3, -0.25) is 9.48 Å². The molecule has 0 saturated carbocycles. The van der Waals surface area contributed by atoms with E-state index in [-0.39, 0.29) is 23.0 Å². The maximum absolute atomic E-state index is 13.5. The number of halogens is 4. The molecule has 0 aliphatic carbocycles. The monoisotopic (exact) mass is 519 g/mol. The number of aliphatic imine (C=N–C) groups is 1. The van der Waals surface area contributed by atoms with Gasteiger partial charge in [0, 0.05) is 36.1 Å². The minimum absolute atomic E-state index is 0.0296. The van der Waals surface area contributed by atoms with Crippen molar-refractivity contribution in [1.82, 2.24) is 20.0 Å². The molecule has 5 rings (SSSR count). The predicted molar refractivity (Wildman–Crippen MR) is 132 cm³/mol. The average Bonchev–Trinajstić information content (AvgIpc) is 3.37. The van der Waals surface area contributed by atoms with Crippen molar-refractivity contribution in [3.05, 3.63) is 69.2 Å². The van der Waals surface area contributed by atoms with Crippen LogP contribution in [0.2, 0.25) is 5.02 Å². The molecule has 182 valence electrons. The highest BCUT2D eigenvalue weighted by Crippen LogP contribution is 2.35. The number of nitrogens with zero attached hydrogens (tertiary/aromatic N) is 4. The minimum Gasteiger partial charge on any atom is -0.348 e. The Labute approximate surface area is 208 Å². The Morgan fingerprint density at radius 2 is 2.09 bits per heavy atom. The van der Waals surface area contributed by atoms with Crippen molar-refractivity contribution in [2.75, 3.05) is 19.6 Å². The van der Waals surface area contributed by atoms with Crippen LogP contribution < -0.4 is 5.32 Å². The number of hydrogen-bond acceptors (Lipinski definition) is 5. The second kappa shape index (κ2) is 9.33. The van der Waals surface area contributed by atoms with Gasteiger partial charge in [-0.15, -0.1) is 0 Å². The van der Waals surface area contributed by atoms with Crippen molar-refractivity contribution in [2.45, 2.75) is 25.7 Å². The summed E-state index contributed by atoms with van der Waals surface area (Å²) < 4.78 is 41.9. The number of benzene rings is 2. The molecule has 0 radical (unpaired) electrons. The van der Waals surface area contributed by atoms with E-state index in [0.717, 1.165) is 36.7 Å². The molecule has 0 bridgehead atoms. The third-order valence-corrected chi connectivity index (χ3v) is 7.19. The zero-order valence-electron chi connectivity index (χ0n) is 18.6. The summed E-state index contributed by atoms with van der Waals surface area (Å²) in [6, 6.07) is 9.54. The molecule has 6 nitrogen and oxygen atoms in total. The third kappa shape index (κ3) is 5.10. The van der Waals surface area contributed by atoms with E-state index in [1.165, 1.54) is 28.6 Å². The lowest BCUT2D eigenvalue weighted by molar-refractivity contribution is -0.138. The quantitative estimate of drug-likeness (QED) is 0.492. The van der Waals surface area contributed by atoms with Crippen LogP contribution in [0.3, 0.4) is 0 Å². The van der Waals surface area contributed by atoms with Crippen LogP contribution in [-0.4, -0.2) is 51.4 Å². The maximum atomic E-state index is 13.5.